The molecular formula is C17H22N2O3S. The molecule has 1 atom stereocenters. The maximum Gasteiger partial charge on any atom is 0.240 e. The molecule has 0 aliphatic heterocycles. The number of rotatable bonds is 7. The molecule has 0 bridgehead atoms. The Morgan fingerprint density at radius 1 is 1.13 bits per heavy atom. The molecule has 124 valence electrons. The molecule has 0 aromatic heterocycles. The second kappa shape index (κ2) is 6.84. The summed E-state index contributed by atoms with van der Waals surface area (Å²) < 4.78 is 26.8. The Labute approximate surface area is 137 Å². The summed E-state index contributed by atoms with van der Waals surface area (Å²) in [6.45, 7) is 0.422. The lowest BCUT2D eigenvalue weighted by Crippen LogP contribution is -2.26. The van der Waals surface area contributed by atoms with Gasteiger partial charge in [-0.3, -0.25) is 4.79 Å². The maximum absolute atomic E-state index is 12.1. The van der Waals surface area contributed by atoms with Crippen molar-refractivity contribution in [2.45, 2.75) is 49.6 Å². The van der Waals surface area contributed by atoms with Crippen LogP contribution in [0.5, 0.6) is 0 Å². The Balaban J connectivity index is 1.50. The summed E-state index contributed by atoms with van der Waals surface area (Å²) in [6.07, 6.45) is 8.68. The van der Waals surface area contributed by atoms with Crippen LogP contribution in [-0.4, -0.2) is 20.4 Å². The Kier molecular flexibility index (Phi) is 4.82. The zero-order valence-electron chi connectivity index (χ0n) is 13.0. The predicted octanol–water partition coefficient (Wildman–Crippen LogP) is 2.10. The minimum Gasteiger partial charge on any atom is -0.352 e. The van der Waals surface area contributed by atoms with Crippen molar-refractivity contribution < 1.29 is 13.2 Å². The molecule has 2 aliphatic rings. The second-order valence-electron chi connectivity index (χ2n) is 6.29. The Morgan fingerprint density at radius 3 is 2.48 bits per heavy atom. The first-order valence-corrected chi connectivity index (χ1v) is 9.56. The van der Waals surface area contributed by atoms with Crippen LogP contribution in [0, 0.1) is 5.92 Å². The van der Waals surface area contributed by atoms with E-state index < -0.39 is 10.0 Å². The fourth-order valence-corrected chi connectivity index (χ4v) is 3.96. The van der Waals surface area contributed by atoms with Crippen LogP contribution in [0.15, 0.2) is 41.3 Å². The van der Waals surface area contributed by atoms with Crippen LogP contribution in [0.3, 0.4) is 0 Å². The molecule has 5 nitrogen and oxygen atoms in total. The summed E-state index contributed by atoms with van der Waals surface area (Å²) in [6, 6.07) is 6.77. The van der Waals surface area contributed by atoms with E-state index in [-0.39, 0.29) is 16.8 Å². The van der Waals surface area contributed by atoms with E-state index in [1.807, 2.05) is 0 Å². The van der Waals surface area contributed by atoms with Crippen LogP contribution in [0.4, 0.5) is 0 Å². The molecule has 1 aromatic carbocycles. The minimum absolute atomic E-state index is 0.0358. The van der Waals surface area contributed by atoms with Crippen molar-refractivity contribution in [3.8, 4) is 0 Å². The fourth-order valence-electron chi connectivity index (χ4n) is 2.65. The van der Waals surface area contributed by atoms with Crippen LogP contribution in [0.2, 0.25) is 0 Å². The Hall–Kier alpha value is -1.66. The van der Waals surface area contributed by atoms with Crippen LogP contribution >= 0.6 is 0 Å². The maximum atomic E-state index is 12.1. The van der Waals surface area contributed by atoms with Crippen molar-refractivity contribution in [2.75, 3.05) is 0 Å². The molecule has 1 aromatic rings. The normalized spacial score (nSPS) is 20.6. The van der Waals surface area contributed by atoms with Crippen LogP contribution in [0.1, 0.15) is 37.7 Å². The van der Waals surface area contributed by atoms with E-state index >= 15 is 0 Å². The summed E-state index contributed by atoms with van der Waals surface area (Å²) >= 11 is 0. The average Bonchev–Trinajstić information content (AvgIpc) is 3.17. The second-order valence-corrected chi connectivity index (χ2v) is 8.00. The van der Waals surface area contributed by atoms with Crippen molar-refractivity contribution in [1.29, 1.82) is 0 Å². The van der Waals surface area contributed by atoms with E-state index in [9.17, 15) is 13.2 Å². The lowest BCUT2D eigenvalue weighted by Gasteiger charge is -2.10. The molecule has 0 heterocycles. The van der Waals surface area contributed by atoms with E-state index in [0.29, 0.717) is 18.9 Å². The van der Waals surface area contributed by atoms with Gasteiger partial charge < -0.3 is 5.32 Å². The van der Waals surface area contributed by atoms with Gasteiger partial charge in [-0.2, -0.15) is 0 Å². The topological polar surface area (TPSA) is 75.3 Å². The third kappa shape index (κ3) is 4.65. The van der Waals surface area contributed by atoms with Crippen molar-refractivity contribution in [2.24, 2.45) is 5.92 Å². The van der Waals surface area contributed by atoms with Gasteiger partial charge in [0.05, 0.1) is 4.90 Å². The number of nitrogens with one attached hydrogen (secondary N) is 2. The van der Waals surface area contributed by atoms with Crippen molar-refractivity contribution in [1.82, 2.24) is 10.0 Å². The number of amides is 1. The molecule has 1 amide bonds. The molecule has 0 radical (unpaired) electrons. The highest BCUT2D eigenvalue weighted by Gasteiger charge is 2.27. The quantitative estimate of drug-likeness (QED) is 0.750. The number of hydrogen-bond donors (Lipinski definition) is 2. The van der Waals surface area contributed by atoms with Crippen LogP contribution in [-0.2, 0) is 21.4 Å². The minimum atomic E-state index is -3.41. The highest BCUT2D eigenvalue weighted by atomic mass is 32.2. The van der Waals surface area contributed by atoms with E-state index in [1.54, 1.807) is 24.3 Å². The SMILES string of the molecule is O=C(C[C@@H]1C=CCC1)NCc1ccc(S(=O)(=O)NC2CC2)cc1. The van der Waals surface area contributed by atoms with Gasteiger partial charge in [-0.05, 0) is 49.3 Å². The first kappa shape index (κ1) is 16.2. The summed E-state index contributed by atoms with van der Waals surface area (Å²) in [4.78, 5) is 12.1. The zero-order chi connectivity index (χ0) is 16.3. The van der Waals surface area contributed by atoms with Crippen molar-refractivity contribution in [3.05, 3.63) is 42.0 Å². The van der Waals surface area contributed by atoms with Crippen LogP contribution < -0.4 is 10.0 Å². The Morgan fingerprint density at radius 2 is 1.87 bits per heavy atom. The molecule has 0 unspecified atom stereocenters. The molecule has 0 saturated heterocycles. The first-order valence-electron chi connectivity index (χ1n) is 8.07. The van der Waals surface area contributed by atoms with E-state index in [0.717, 1.165) is 31.2 Å². The molecule has 2 aliphatic carbocycles. The summed E-state index contributed by atoms with van der Waals surface area (Å²) in [5.74, 6) is 0.393. The zero-order valence-corrected chi connectivity index (χ0v) is 13.8. The first-order chi connectivity index (χ1) is 11.0. The van der Waals surface area contributed by atoms with Gasteiger partial charge in [0.25, 0.3) is 0 Å². The lowest BCUT2D eigenvalue weighted by molar-refractivity contribution is -0.121. The number of allylic oxidation sites excluding steroid dienone is 2. The molecule has 6 heteroatoms. The van der Waals surface area contributed by atoms with Gasteiger partial charge in [-0.1, -0.05) is 24.3 Å². The van der Waals surface area contributed by atoms with E-state index in [4.69, 9.17) is 0 Å². The summed E-state index contributed by atoms with van der Waals surface area (Å²) in [5.41, 5.74) is 0.894. The number of benzene rings is 1. The smallest absolute Gasteiger partial charge is 0.240 e. The van der Waals surface area contributed by atoms with Crippen LogP contribution in [0.25, 0.3) is 0 Å². The number of carbonyl (C=O) groups excluding carboxylic acids is 1. The lowest BCUT2D eigenvalue weighted by atomic mass is 10.1. The van der Waals surface area contributed by atoms with Crippen molar-refractivity contribution >= 4 is 15.9 Å². The fraction of sp³-hybridized carbons (Fsp3) is 0.471. The Bertz CT molecular complexity index is 691. The predicted molar refractivity (Wildman–Crippen MR) is 88.1 cm³/mol. The molecule has 1 saturated carbocycles. The third-order valence-corrected chi connectivity index (χ3v) is 5.72. The van der Waals surface area contributed by atoms with Gasteiger partial charge in [0.2, 0.25) is 15.9 Å². The number of carbonyl (C=O) groups is 1. The van der Waals surface area contributed by atoms with Gasteiger partial charge in [-0.15, -0.1) is 0 Å². The average molecular weight is 334 g/mol. The molecule has 2 N–H and O–H groups in total. The number of hydrogen-bond acceptors (Lipinski definition) is 3. The number of sulfonamides is 1. The van der Waals surface area contributed by atoms with Gasteiger partial charge in [-0.25, -0.2) is 13.1 Å². The van der Waals surface area contributed by atoms with Gasteiger partial charge >= 0.3 is 0 Å². The van der Waals surface area contributed by atoms with Gasteiger partial charge in [0.15, 0.2) is 0 Å². The molecular weight excluding hydrogens is 312 g/mol. The van der Waals surface area contributed by atoms with Crippen molar-refractivity contribution in [3.63, 3.8) is 0 Å². The summed E-state index contributed by atoms with van der Waals surface area (Å²) in [7, 11) is -3.41. The standard InChI is InChI=1S/C17H22N2O3S/c20-17(11-13-3-1-2-4-13)18-12-14-5-9-16(10-6-14)23(21,22)19-15-7-8-15/h1,3,5-6,9-10,13,15,19H,2,4,7-8,11-12H2,(H,18,20)/t13-/m1/s1. The molecule has 1 fully saturated rings. The molecule has 0 spiro atoms. The summed E-state index contributed by atoms with van der Waals surface area (Å²) in [5, 5.41) is 2.89. The highest BCUT2D eigenvalue weighted by molar-refractivity contribution is 7.89. The monoisotopic (exact) mass is 334 g/mol. The molecule has 23 heavy (non-hydrogen) atoms. The highest BCUT2D eigenvalue weighted by Crippen LogP contribution is 2.22. The van der Waals surface area contributed by atoms with E-state index in [1.165, 1.54) is 0 Å². The third-order valence-electron chi connectivity index (χ3n) is 4.18. The molecule has 3 rings (SSSR count). The largest absolute Gasteiger partial charge is 0.352 e. The van der Waals surface area contributed by atoms with E-state index in [2.05, 4.69) is 22.2 Å². The van der Waals surface area contributed by atoms with Gasteiger partial charge in [0, 0.05) is 19.0 Å². The van der Waals surface area contributed by atoms with Gasteiger partial charge in [0.1, 0.15) is 0 Å².